The van der Waals surface area contributed by atoms with E-state index in [1.54, 1.807) is 6.26 Å². The minimum Gasteiger partial charge on any atom is -0.464 e. The number of rotatable bonds is 2. The second-order valence-electron chi connectivity index (χ2n) is 6.33. The molecule has 23 heavy (non-hydrogen) atoms. The summed E-state index contributed by atoms with van der Waals surface area (Å²) in [4.78, 5) is 14.8. The summed E-state index contributed by atoms with van der Waals surface area (Å²) in [5, 5.41) is 1.04. The highest BCUT2D eigenvalue weighted by atomic mass is 16.3. The molecular formula is C19H20N2O2. The van der Waals surface area contributed by atoms with E-state index in [-0.39, 0.29) is 11.9 Å². The van der Waals surface area contributed by atoms with Gasteiger partial charge in [0.05, 0.1) is 18.7 Å². The number of furan rings is 1. The molecule has 1 aliphatic rings. The lowest BCUT2D eigenvalue weighted by molar-refractivity contribution is -0.133. The van der Waals surface area contributed by atoms with Gasteiger partial charge in [0.1, 0.15) is 5.58 Å². The Balaban J connectivity index is 1.58. The van der Waals surface area contributed by atoms with Gasteiger partial charge in [-0.25, -0.2) is 0 Å². The van der Waals surface area contributed by atoms with E-state index < -0.39 is 0 Å². The van der Waals surface area contributed by atoms with E-state index in [0.717, 1.165) is 35.2 Å². The fourth-order valence-corrected chi connectivity index (χ4v) is 3.51. The molecule has 0 saturated heterocycles. The first-order valence-electron chi connectivity index (χ1n) is 8.05. The Morgan fingerprint density at radius 1 is 1.30 bits per heavy atom. The van der Waals surface area contributed by atoms with E-state index in [2.05, 4.69) is 29.8 Å². The van der Waals surface area contributed by atoms with Crippen molar-refractivity contribution in [2.75, 3.05) is 6.54 Å². The number of hydrogen-bond acceptors (Lipinski definition) is 2. The first-order chi connectivity index (χ1) is 11.1. The number of fused-ring (bicyclic) bond motifs is 2. The van der Waals surface area contributed by atoms with Crippen LogP contribution in [0.4, 0.5) is 0 Å². The topological polar surface area (TPSA) is 38.4 Å². The van der Waals surface area contributed by atoms with Gasteiger partial charge < -0.3 is 13.9 Å². The lowest BCUT2D eigenvalue weighted by Gasteiger charge is -2.35. The second kappa shape index (κ2) is 5.30. The zero-order valence-electron chi connectivity index (χ0n) is 13.5. The van der Waals surface area contributed by atoms with Crippen LogP contribution >= 0.6 is 0 Å². The predicted molar refractivity (Wildman–Crippen MR) is 89.2 cm³/mol. The van der Waals surface area contributed by atoms with Crippen molar-refractivity contribution in [1.82, 2.24) is 9.47 Å². The molecule has 4 rings (SSSR count). The molecule has 3 heterocycles. The minimum atomic E-state index is 0.117. The van der Waals surface area contributed by atoms with E-state index in [1.807, 2.05) is 30.0 Å². The van der Waals surface area contributed by atoms with Crippen LogP contribution in [-0.4, -0.2) is 21.9 Å². The third-order valence-corrected chi connectivity index (χ3v) is 4.82. The van der Waals surface area contributed by atoms with Gasteiger partial charge in [-0.2, -0.15) is 0 Å². The zero-order valence-corrected chi connectivity index (χ0v) is 13.5. The Hall–Kier alpha value is -2.49. The highest BCUT2D eigenvalue weighted by molar-refractivity contribution is 5.88. The number of amides is 1. The van der Waals surface area contributed by atoms with Crippen LogP contribution in [0.25, 0.3) is 11.0 Å². The van der Waals surface area contributed by atoms with Crippen molar-refractivity contribution in [2.24, 2.45) is 0 Å². The number of carbonyl (C=O) groups excluding carboxylic acids is 1. The van der Waals surface area contributed by atoms with E-state index in [1.165, 1.54) is 5.69 Å². The molecule has 1 aliphatic heterocycles. The monoisotopic (exact) mass is 308 g/mol. The molecule has 118 valence electrons. The molecule has 4 nitrogen and oxygen atoms in total. The Morgan fingerprint density at radius 3 is 3.04 bits per heavy atom. The SMILES string of the molecule is Cc1ccc2c(CC(=O)N3CCn4cccc4[C@H]3C)coc2c1. The molecule has 0 spiro atoms. The molecule has 0 aliphatic carbocycles. The third kappa shape index (κ3) is 2.34. The number of nitrogens with zero attached hydrogens (tertiary/aromatic N) is 2. The number of hydrogen-bond donors (Lipinski definition) is 0. The van der Waals surface area contributed by atoms with Gasteiger partial charge in [0.15, 0.2) is 0 Å². The van der Waals surface area contributed by atoms with Crippen molar-refractivity contribution in [3.05, 3.63) is 59.6 Å². The Morgan fingerprint density at radius 2 is 2.17 bits per heavy atom. The predicted octanol–water partition coefficient (Wildman–Crippen LogP) is 3.69. The molecule has 0 bridgehead atoms. The maximum atomic E-state index is 12.8. The number of benzene rings is 1. The summed E-state index contributed by atoms with van der Waals surface area (Å²) in [5.41, 5.74) is 4.19. The second-order valence-corrected chi connectivity index (χ2v) is 6.33. The number of carbonyl (C=O) groups is 1. The summed E-state index contributed by atoms with van der Waals surface area (Å²) in [7, 11) is 0. The first kappa shape index (κ1) is 14.1. The standard InChI is InChI=1S/C19H20N2O2/c1-13-5-6-16-15(12-23-18(16)10-13)11-19(22)21-9-8-20-7-3-4-17(20)14(21)2/h3-7,10,12,14H,8-9,11H2,1-2H3/t14-/m1/s1. The van der Waals surface area contributed by atoms with Gasteiger partial charge in [-0.3, -0.25) is 4.79 Å². The van der Waals surface area contributed by atoms with Gasteiger partial charge in [0.2, 0.25) is 5.91 Å². The molecule has 4 heteroatoms. The van der Waals surface area contributed by atoms with E-state index in [4.69, 9.17) is 4.42 Å². The Labute approximate surface area is 135 Å². The quantitative estimate of drug-likeness (QED) is 0.724. The number of aromatic nitrogens is 1. The molecule has 0 N–H and O–H groups in total. The molecule has 0 unspecified atom stereocenters. The van der Waals surface area contributed by atoms with Gasteiger partial charge in [0, 0.05) is 35.9 Å². The summed E-state index contributed by atoms with van der Waals surface area (Å²) in [6, 6.07) is 10.4. The maximum absolute atomic E-state index is 12.8. The van der Waals surface area contributed by atoms with Crippen LogP contribution in [0.15, 0.2) is 47.2 Å². The highest BCUT2D eigenvalue weighted by Gasteiger charge is 2.27. The van der Waals surface area contributed by atoms with Crippen LogP contribution in [0.2, 0.25) is 0 Å². The van der Waals surface area contributed by atoms with Crippen molar-refractivity contribution in [2.45, 2.75) is 32.9 Å². The fraction of sp³-hybridized carbons (Fsp3) is 0.316. The molecule has 0 saturated carbocycles. The molecule has 0 radical (unpaired) electrons. The molecule has 2 aromatic heterocycles. The van der Waals surface area contributed by atoms with Crippen LogP contribution in [0.3, 0.4) is 0 Å². The van der Waals surface area contributed by atoms with Crippen molar-refractivity contribution >= 4 is 16.9 Å². The van der Waals surface area contributed by atoms with Crippen LogP contribution in [0.1, 0.15) is 29.8 Å². The lowest BCUT2D eigenvalue weighted by atomic mass is 10.1. The summed E-state index contributed by atoms with van der Waals surface area (Å²) >= 11 is 0. The van der Waals surface area contributed by atoms with Gasteiger partial charge in [-0.1, -0.05) is 12.1 Å². The lowest BCUT2D eigenvalue weighted by Crippen LogP contribution is -2.41. The Bertz CT molecular complexity index is 875. The molecular weight excluding hydrogens is 288 g/mol. The van der Waals surface area contributed by atoms with Crippen LogP contribution in [-0.2, 0) is 17.8 Å². The van der Waals surface area contributed by atoms with Crippen molar-refractivity contribution in [3.63, 3.8) is 0 Å². The van der Waals surface area contributed by atoms with E-state index in [0.29, 0.717) is 6.42 Å². The van der Waals surface area contributed by atoms with Crippen LogP contribution < -0.4 is 0 Å². The largest absolute Gasteiger partial charge is 0.464 e. The van der Waals surface area contributed by atoms with Crippen molar-refractivity contribution in [3.8, 4) is 0 Å². The summed E-state index contributed by atoms with van der Waals surface area (Å²) in [6.45, 7) is 5.76. The van der Waals surface area contributed by atoms with E-state index >= 15 is 0 Å². The van der Waals surface area contributed by atoms with Gasteiger partial charge in [-0.05, 0) is 37.6 Å². The highest BCUT2D eigenvalue weighted by Crippen LogP contribution is 2.28. The van der Waals surface area contributed by atoms with Crippen LogP contribution in [0, 0.1) is 6.92 Å². The fourth-order valence-electron chi connectivity index (χ4n) is 3.51. The van der Waals surface area contributed by atoms with Gasteiger partial charge in [0.25, 0.3) is 0 Å². The average molecular weight is 308 g/mol. The zero-order chi connectivity index (χ0) is 16.0. The molecule has 0 fully saturated rings. The first-order valence-corrected chi connectivity index (χ1v) is 8.05. The molecule has 1 atom stereocenters. The summed E-state index contributed by atoms with van der Waals surface area (Å²) in [6.07, 6.45) is 4.19. The molecule has 3 aromatic rings. The number of aryl methyl sites for hydroxylation is 1. The normalized spacial score (nSPS) is 17.5. The summed E-state index contributed by atoms with van der Waals surface area (Å²) < 4.78 is 7.84. The minimum absolute atomic E-state index is 0.117. The maximum Gasteiger partial charge on any atom is 0.227 e. The Kier molecular flexibility index (Phi) is 3.26. The van der Waals surface area contributed by atoms with Crippen molar-refractivity contribution < 1.29 is 9.21 Å². The van der Waals surface area contributed by atoms with Gasteiger partial charge in [-0.15, -0.1) is 0 Å². The average Bonchev–Trinajstić information content (AvgIpc) is 3.15. The van der Waals surface area contributed by atoms with Crippen LogP contribution in [0.5, 0.6) is 0 Å². The van der Waals surface area contributed by atoms with Crippen molar-refractivity contribution in [1.29, 1.82) is 0 Å². The van der Waals surface area contributed by atoms with E-state index in [9.17, 15) is 4.79 Å². The summed E-state index contributed by atoms with van der Waals surface area (Å²) in [5.74, 6) is 0.160. The van der Waals surface area contributed by atoms with Gasteiger partial charge >= 0.3 is 0 Å². The third-order valence-electron chi connectivity index (χ3n) is 4.82. The smallest absolute Gasteiger partial charge is 0.227 e. The molecule has 1 amide bonds. The molecule has 1 aromatic carbocycles.